The van der Waals surface area contributed by atoms with E-state index in [0.717, 1.165) is 70.5 Å². The smallest absolute Gasteiger partial charge is 0.345 e. The Bertz CT molecular complexity index is 716. The molecule has 1 fully saturated rings. The van der Waals surface area contributed by atoms with Crippen LogP contribution in [0.3, 0.4) is 0 Å². The van der Waals surface area contributed by atoms with Gasteiger partial charge in [-0.05, 0) is 39.0 Å². The van der Waals surface area contributed by atoms with Crippen molar-refractivity contribution >= 4 is 11.9 Å². The molecule has 1 aromatic rings. The van der Waals surface area contributed by atoms with Crippen LogP contribution in [-0.4, -0.2) is 63.8 Å². The van der Waals surface area contributed by atoms with Crippen molar-refractivity contribution in [3.63, 3.8) is 0 Å². The number of carbonyl (C=O) groups excluding carboxylic acids is 1. The number of aliphatic imine (C=N–C) groups is 1. The first-order valence-electron chi connectivity index (χ1n) is 10.2. The van der Waals surface area contributed by atoms with Crippen LogP contribution in [0.15, 0.2) is 9.79 Å². The topological polar surface area (TPSA) is 96.6 Å². The molecule has 9 nitrogen and oxygen atoms in total. The number of hydrogen-bond donors (Lipinski definition) is 2. The number of guanidine groups is 1. The number of likely N-dealkylation sites (tertiary alicyclic amines) is 1. The Morgan fingerprint density at radius 1 is 1.15 bits per heavy atom. The summed E-state index contributed by atoms with van der Waals surface area (Å²) in [7, 11) is 0. The molecule has 2 aliphatic heterocycles. The molecule has 27 heavy (non-hydrogen) atoms. The number of nitrogens with zero attached hydrogens (tertiary/aromatic N) is 5. The third-order valence-electron chi connectivity index (χ3n) is 5.05. The molecular formula is C18H31N7O2. The third kappa shape index (κ3) is 5.11. The van der Waals surface area contributed by atoms with Crippen molar-refractivity contribution in [2.75, 3.05) is 32.7 Å². The van der Waals surface area contributed by atoms with E-state index in [-0.39, 0.29) is 18.1 Å². The quantitative estimate of drug-likeness (QED) is 0.395. The van der Waals surface area contributed by atoms with Gasteiger partial charge in [0, 0.05) is 45.7 Å². The van der Waals surface area contributed by atoms with Gasteiger partial charge < -0.3 is 15.5 Å². The van der Waals surface area contributed by atoms with E-state index < -0.39 is 0 Å². The molecule has 150 valence electrons. The lowest BCUT2D eigenvalue weighted by molar-refractivity contribution is -0.128. The number of hydrogen-bond acceptors (Lipinski definition) is 4. The molecule has 1 amide bonds. The monoisotopic (exact) mass is 377 g/mol. The van der Waals surface area contributed by atoms with Crippen LogP contribution < -0.4 is 16.3 Å². The van der Waals surface area contributed by atoms with Crippen molar-refractivity contribution in [1.82, 2.24) is 29.9 Å². The van der Waals surface area contributed by atoms with Crippen molar-refractivity contribution in [3.05, 3.63) is 16.3 Å². The van der Waals surface area contributed by atoms with Crippen LogP contribution in [0.2, 0.25) is 0 Å². The zero-order chi connectivity index (χ0) is 19.1. The zero-order valence-electron chi connectivity index (χ0n) is 16.2. The van der Waals surface area contributed by atoms with Gasteiger partial charge in [0.05, 0.1) is 0 Å². The Hall–Kier alpha value is -2.32. The van der Waals surface area contributed by atoms with Crippen molar-refractivity contribution in [1.29, 1.82) is 0 Å². The minimum atomic E-state index is 0.00137. The standard InChI is InChI=1S/C18H31N7O2/c1-2-19-17(21-14-16(26)23-10-5-6-11-23)20-9-7-13-25-18(27)24-12-4-3-8-15(24)22-25/h2-14H2,1H3,(H2,19,20,21). The number of carbonyl (C=O) groups is 1. The maximum absolute atomic E-state index is 12.3. The summed E-state index contributed by atoms with van der Waals surface area (Å²) in [6.07, 6.45) is 5.99. The van der Waals surface area contributed by atoms with Gasteiger partial charge in [0.25, 0.3) is 0 Å². The van der Waals surface area contributed by atoms with Crippen molar-refractivity contribution in [2.45, 2.75) is 58.5 Å². The fourth-order valence-electron chi connectivity index (χ4n) is 3.58. The van der Waals surface area contributed by atoms with Gasteiger partial charge in [-0.1, -0.05) is 0 Å². The largest absolute Gasteiger partial charge is 0.357 e. The van der Waals surface area contributed by atoms with Crippen molar-refractivity contribution < 1.29 is 4.79 Å². The molecule has 0 spiro atoms. The van der Waals surface area contributed by atoms with E-state index in [9.17, 15) is 9.59 Å². The average Bonchev–Trinajstić information content (AvgIpc) is 3.32. The fraction of sp³-hybridized carbons (Fsp3) is 0.778. The number of rotatable bonds is 7. The van der Waals surface area contributed by atoms with Crippen LogP contribution in [-0.2, 0) is 24.3 Å². The van der Waals surface area contributed by atoms with E-state index in [0.29, 0.717) is 19.0 Å². The zero-order valence-corrected chi connectivity index (χ0v) is 16.2. The average molecular weight is 377 g/mol. The summed E-state index contributed by atoms with van der Waals surface area (Å²) in [6, 6.07) is 0. The summed E-state index contributed by atoms with van der Waals surface area (Å²) in [6.45, 7) is 6.63. The summed E-state index contributed by atoms with van der Waals surface area (Å²) in [5.41, 5.74) is 0.00137. The SMILES string of the molecule is CCNC(=NCC(=O)N1CCCC1)NCCCn1nc2n(c1=O)CCCC2. The molecule has 0 unspecified atom stereocenters. The van der Waals surface area contributed by atoms with Gasteiger partial charge in [0.1, 0.15) is 12.4 Å². The van der Waals surface area contributed by atoms with E-state index >= 15 is 0 Å². The van der Waals surface area contributed by atoms with Gasteiger partial charge in [-0.2, -0.15) is 5.10 Å². The molecule has 0 radical (unpaired) electrons. The van der Waals surface area contributed by atoms with Crippen molar-refractivity contribution in [2.24, 2.45) is 4.99 Å². The minimum Gasteiger partial charge on any atom is -0.357 e. The van der Waals surface area contributed by atoms with Crippen LogP contribution in [0.25, 0.3) is 0 Å². The first kappa shape index (κ1) is 19.4. The van der Waals surface area contributed by atoms with Gasteiger partial charge in [-0.25, -0.2) is 14.5 Å². The molecule has 9 heteroatoms. The van der Waals surface area contributed by atoms with Gasteiger partial charge >= 0.3 is 5.69 Å². The molecule has 0 aliphatic carbocycles. The normalized spacial score (nSPS) is 17.1. The highest BCUT2D eigenvalue weighted by Gasteiger charge is 2.18. The van der Waals surface area contributed by atoms with Crippen LogP contribution in [0.4, 0.5) is 0 Å². The first-order chi connectivity index (χ1) is 13.2. The van der Waals surface area contributed by atoms with Gasteiger partial charge in [-0.15, -0.1) is 0 Å². The molecule has 0 atom stereocenters. The van der Waals surface area contributed by atoms with Crippen LogP contribution in [0, 0.1) is 0 Å². The Morgan fingerprint density at radius 2 is 1.93 bits per heavy atom. The predicted molar refractivity (Wildman–Crippen MR) is 104 cm³/mol. The van der Waals surface area contributed by atoms with Gasteiger partial charge in [-0.3, -0.25) is 9.36 Å². The second kappa shape index (κ2) is 9.57. The summed E-state index contributed by atoms with van der Waals surface area (Å²) < 4.78 is 3.37. The summed E-state index contributed by atoms with van der Waals surface area (Å²) in [5.74, 6) is 1.64. The maximum Gasteiger partial charge on any atom is 0.345 e. The number of nitrogens with one attached hydrogen (secondary N) is 2. The summed E-state index contributed by atoms with van der Waals surface area (Å²) in [5, 5.41) is 10.8. The van der Waals surface area contributed by atoms with Crippen molar-refractivity contribution in [3.8, 4) is 0 Å². The second-order valence-electron chi connectivity index (χ2n) is 7.09. The molecule has 3 heterocycles. The molecule has 0 aromatic carbocycles. The molecule has 1 saturated heterocycles. The van der Waals surface area contributed by atoms with Crippen LogP contribution in [0.5, 0.6) is 0 Å². The molecule has 3 rings (SSSR count). The van der Waals surface area contributed by atoms with E-state index in [2.05, 4.69) is 20.7 Å². The third-order valence-corrected chi connectivity index (χ3v) is 5.05. The lowest BCUT2D eigenvalue weighted by Crippen LogP contribution is -2.39. The summed E-state index contributed by atoms with van der Waals surface area (Å²) in [4.78, 5) is 30.7. The summed E-state index contributed by atoms with van der Waals surface area (Å²) >= 11 is 0. The molecule has 2 aliphatic rings. The lowest BCUT2D eigenvalue weighted by atomic mass is 10.2. The van der Waals surface area contributed by atoms with E-state index in [4.69, 9.17) is 0 Å². The number of amides is 1. The predicted octanol–water partition coefficient (Wildman–Crippen LogP) is -0.0513. The fourth-order valence-corrected chi connectivity index (χ4v) is 3.58. The highest BCUT2D eigenvalue weighted by molar-refractivity contribution is 5.85. The maximum atomic E-state index is 12.3. The minimum absolute atomic E-state index is 0.00137. The first-order valence-corrected chi connectivity index (χ1v) is 10.2. The lowest BCUT2D eigenvalue weighted by Gasteiger charge is -2.15. The Balaban J connectivity index is 1.45. The number of aryl methyl sites for hydroxylation is 2. The van der Waals surface area contributed by atoms with Gasteiger partial charge in [0.15, 0.2) is 5.96 Å². The Labute approximate surface area is 159 Å². The molecular weight excluding hydrogens is 346 g/mol. The molecule has 0 bridgehead atoms. The van der Waals surface area contributed by atoms with E-state index in [1.54, 1.807) is 9.25 Å². The van der Waals surface area contributed by atoms with Gasteiger partial charge in [0.2, 0.25) is 5.91 Å². The highest BCUT2D eigenvalue weighted by Crippen LogP contribution is 2.09. The Morgan fingerprint density at radius 3 is 2.67 bits per heavy atom. The number of aromatic nitrogens is 3. The molecule has 1 aromatic heterocycles. The molecule has 0 saturated carbocycles. The van der Waals surface area contributed by atoms with E-state index in [1.165, 1.54) is 0 Å². The van der Waals surface area contributed by atoms with E-state index in [1.807, 2.05) is 11.8 Å². The van der Waals surface area contributed by atoms with Crippen LogP contribution in [0.1, 0.15) is 44.9 Å². The Kier molecular flexibility index (Phi) is 6.89. The molecule has 2 N–H and O–H groups in total. The number of fused-ring (bicyclic) bond motifs is 1. The highest BCUT2D eigenvalue weighted by atomic mass is 16.2. The second-order valence-corrected chi connectivity index (χ2v) is 7.09. The van der Waals surface area contributed by atoms with Crippen LogP contribution >= 0.6 is 0 Å².